The Morgan fingerprint density at radius 1 is 0.406 bits per heavy atom. The van der Waals surface area contributed by atoms with Crippen molar-refractivity contribution in [3.63, 3.8) is 0 Å². The molecule has 0 unspecified atom stereocenters. The second kappa shape index (κ2) is 8.83. The Bertz CT molecular complexity index is 1330. The van der Waals surface area contributed by atoms with Gasteiger partial charge in [-0.1, -0.05) is 109 Å². The van der Waals surface area contributed by atoms with Gasteiger partial charge in [0.1, 0.15) is 0 Å². The lowest BCUT2D eigenvalue weighted by Gasteiger charge is -2.17. The van der Waals surface area contributed by atoms with Gasteiger partial charge in [-0.15, -0.1) is 0 Å². The average molecular weight is 413 g/mol. The first-order chi connectivity index (χ1) is 15.8. The van der Waals surface area contributed by atoms with Gasteiger partial charge >= 0.3 is 0 Å². The molecule has 154 valence electrons. The van der Waals surface area contributed by atoms with Crippen LogP contribution in [0.25, 0.3) is 33.4 Å². The lowest BCUT2D eigenvalue weighted by atomic mass is 9.97. The Morgan fingerprint density at radius 3 is 1.59 bits per heavy atom. The summed E-state index contributed by atoms with van der Waals surface area (Å²) in [5.74, 6) is 0. The minimum Gasteiger partial charge on any atom is -0.397 e. The maximum absolute atomic E-state index is 6.61. The van der Waals surface area contributed by atoms with Crippen molar-refractivity contribution >= 4 is 17.1 Å². The van der Waals surface area contributed by atoms with Crippen molar-refractivity contribution in [3.05, 3.63) is 127 Å². The van der Waals surface area contributed by atoms with Crippen LogP contribution in [0.4, 0.5) is 17.1 Å². The molecule has 0 aliphatic carbocycles. The van der Waals surface area contributed by atoms with Gasteiger partial charge in [-0.25, -0.2) is 0 Å². The number of hydrogen-bond donors (Lipinski definition) is 2. The molecule has 0 fully saturated rings. The van der Waals surface area contributed by atoms with Gasteiger partial charge < -0.3 is 11.1 Å². The molecule has 0 saturated heterocycles. The highest BCUT2D eigenvalue weighted by Gasteiger charge is 2.12. The zero-order chi connectivity index (χ0) is 21.8. The molecule has 0 heterocycles. The van der Waals surface area contributed by atoms with E-state index in [0.717, 1.165) is 39.3 Å². The van der Waals surface area contributed by atoms with E-state index in [1.807, 2.05) is 42.5 Å². The standard InChI is InChI=1S/C30H24N2/c31-30-26(23-13-6-2-7-14-23)17-10-18-29(30)32-28-20-19-25(22-11-4-1-5-12-22)21-27(28)24-15-8-3-9-16-24/h1-21,32H,31H2. The molecule has 0 aliphatic heterocycles. The van der Waals surface area contributed by atoms with Gasteiger partial charge in [-0.2, -0.15) is 0 Å². The van der Waals surface area contributed by atoms with Crippen molar-refractivity contribution in [3.8, 4) is 33.4 Å². The van der Waals surface area contributed by atoms with Crippen LogP contribution in [-0.2, 0) is 0 Å². The minimum atomic E-state index is 0.741. The highest BCUT2D eigenvalue weighted by molar-refractivity contribution is 5.91. The van der Waals surface area contributed by atoms with Crippen LogP contribution in [0.1, 0.15) is 0 Å². The summed E-state index contributed by atoms with van der Waals surface area (Å²) in [5.41, 5.74) is 16.1. The molecule has 3 N–H and O–H groups in total. The number of hydrogen-bond acceptors (Lipinski definition) is 2. The van der Waals surface area contributed by atoms with E-state index in [4.69, 9.17) is 5.73 Å². The predicted molar refractivity (Wildman–Crippen MR) is 137 cm³/mol. The molecular weight excluding hydrogens is 388 g/mol. The van der Waals surface area contributed by atoms with E-state index >= 15 is 0 Å². The Hall–Kier alpha value is -4.30. The van der Waals surface area contributed by atoms with Gasteiger partial charge in [0.15, 0.2) is 0 Å². The molecule has 0 spiro atoms. The smallest absolute Gasteiger partial charge is 0.0633 e. The number of para-hydroxylation sites is 1. The Morgan fingerprint density at radius 2 is 0.969 bits per heavy atom. The van der Waals surface area contributed by atoms with Crippen LogP contribution in [0.2, 0.25) is 0 Å². The third-order valence-electron chi connectivity index (χ3n) is 5.67. The zero-order valence-electron chi connectivity index (χ0n) is 17.7. The van der Waals surface area contributed by atoms with Crippen molar-refractivity contribution in [1.82, 2.24) is 0 Å². The third kappa shape index (κ3) is 3.99. The second-order valence-electron chi connectivity index (χ2n) is 7.75. The summed E-state index contributed by atoms with van der Waals surface area (Å²) in [7, 11) is 0. The van der Waals surface area contributed by atoms with E-state index in [-0.39, 0.29) is 0 Å². The van der Waals surface area contributed by atoms with Crippen LogP contribution in [0, 0.1) is 0 Å². The fourth-order valence-corrected chi connectivity index (χ4v) is 4.01. The highest BCUT2D eigenvalue weighted by Crippen LogP contribution is 2.38. The first-order valence-corrected chi connectivity index (χ1v) is 10.8. The summed E-state index contributed by atoms with van der Waals surface area (Å²) in [5, 5.41) is 3.60. The predicted octanol–water partition coefficient (Wildman–Crippen LogP) is 8.01. The highest BCUT2D eigenvalue weighted by atomic mass is 14.9. The van der Waals surface area contributed by atoms with Crippen LogP contribution < -0.4 is 11.1 Å². The SMILES string of the molecule is Nc1c(Nc2ccc(-c3ccccc3)cc2-c2ccccc2)cccc1-c1ccccc1. The van der Waals surface area contributed by atoms with Crippen molar-refractivity contribution in [2.24, 2.45) is 0 Å². The van der Waals surface area contributed by atoms with E-state index in [2.05, 4.69) is 90.2 Å². The number of anilines is 3. The van der Waals surface area contributed by atoms with Crippen molar-refractivity contribution in [2.45, 2.75) is 0 Å². The van der Waals surface area contributed by atoms with Crippen molar-refractivity contribution < 1.29 is 0 Å². The van der Waals surface area contributed by atoms with Crippen LogP contribution in [0.3, 0.4) is 0 Å². The van der Waals surface area contributed by atoms with Crippen molar-refractivity contribution in [2.75, 3.05) is 11.1 Å². The topological polar surface area (TPSA) is 38.0 Å². The number of rotatable bonds is 5. The molecule has 5 aromatic carbocycles. The number of nitrogens with two attached hydrogens (primary N) is 1. The van der Waals surface area contributed by atoms with E-state index in [9.17, 15) is 0 Å². The molecule has 0 amide bonds. The van der Waals surface area contributed by atoms with Gasteiger partial charge in [0, 0.05) is 16.8 Å². The quantitative estimate of drug-likeness (QED) is 0.287. The maximum atomic E-state index is 6.61. The van der Waals surface area contributed by atoms with Crippen molar-refractivity contribution in [1.29, 1.82) is 0 Å². The lowest BCUT2D eigenvalue weighted by Crippen LogP contribution is -2.00. The van der Waals surface area contributed by atoms with E-state index in [1.165, 1.54) is 11.1 Å². The first kappa shape index (κ1) is 19.7. The molecule has 2 nitrogen and oxygen atoms in total. The number of nitrogen functional groups attached to an aromatic ring is 1. The van der Waals surface area contributed by atoms with Gasteiger partial charge in [-0.3, -0.25) is 0 Å². The molecule has 0 saturated carbocycles. The van der Waals surface area contributed by atoms with Gasteiger partial charge in [0.05, 0.1) is 11.4 Å². The molecule has 0 radical (unpaired) electrons. The van der Waals surface area contributed by atoms with E-state index < -0.39 is 0 Å². The molecule has 0 aromatic heterocycles. The largest absolute Gasteiger partial charge is 0.397 e. The van der Waals surface area contributed by atoms with Crippen LogP contribution in [0.5, 0.6) is 0 Å². The summed E-state index contributed by atoms with van der Waals surface area (Å²) < 4.78 is 0. The molecule has 0 atom stereocenters. The molecular formula is C30H24N2. The molecule has 5 rings (SSSR count). The zero-order valence-corrected chi connectivity index (χ0v) is 17.7. The van der Waals surface area contributed by atoms with Gasteiger partial charge in [0.25, 0.3) is 0 Å². The maximum Gasteiger partial charge on any atom is 0.0633 e. The normalized spacial score (nSPS) is 10.6. The van der Waals surface area contributed by atoms with Gasteiger partial charge in [0.2, 0.25) is 0 Å². The fourth-order valence-electron chi connectivity index (χ4n) is 4.01. The number of benzene rings is 5. The number of nitrogens with one attached hydrogen (secondary N) is 1. The monoisotopic (exact) mass is 412 g/mol. The van der Waals surface area contributed by atoms with E-state index in [0.29, 0.717) is 0 Å². The fraction of sp³-hybridized carbons (Fsp3) is 0. The Kier molecular flexibility index (Phi) is 5.42. The van der Waals surface area contributed by atoms with Gasteiger partial charge in [-0.05, 0) is 40.5 Å². The summed E-state index contributed by atoms with van der Waals surface area (Å²) in [6, 6.07) is 43.8. The molecule has 32 heavy (non-hydrogen) atoms. The Labute approximate surface area is 189 Å². The van der Waals surface area contributed by atoms with E-state index in [1.54, 1.807) is 0 Å². The summed E-state index contributed by atoms with van der Waals surface area (Å²) in [6.45, 7) is 0. The summed E-state index contributed by atoms with van der Waals surface area (Å²) in [4.78, 5) is 0. The first-order valence-electron chi connectivity index (χ1n) is 10.8. The van der Waals surface area contributed by atoms with Crippen LogP contribution in [-0.4, -0.2) is 0 Å². The molecule has 0 aliphatic rings. The second-order valence-corrected chi connectivity index (χ2v) is 7.75. The summed E-state index contributed by atoms with van der Waals surface area (Å²) >= 11 is 0. The molecule has 5 aromatic rings. The lowest BCUT2D eigenvalue weighted by molar-refractivity contribution is 1.52. The molecule has 0 bridgehead atoms. The van der Waals surface area contributed by atoms with Crippen LogP contribution >= 0.6 is 0 Å². The molecule has 2 heteroatoms. The Balaban J connectivity index is 1.59. The average Bonchev–Trinajstić information content (AvgIpc) is 2.87. The van der Waals surface area contributed by atoms with Crippen LogP contribution in [0.15, 0.2) is 127 Å². The third-order valence-corrected chi connectivity index (χ3v) is 5.67. The minimum absolute atomic E-state index is 0.741. The summed E-state index contributed by atoms with van der Waals surface area (Å²) in [6.07, 6.45) is 0.